The van der Waals surface area contributed by atoms with Gasteiger partial charge in [-0.3, -0.25) is 4.98 Å². The van der Waals surface area contributed by atoms with Crippen LogP contribution in [0.3, 0.4) is 0 Å². The summed E-state index contributed by atoms with van der Waals surface area (Å²) in [5.74, 6) is 0.335. The lowest BCUT2D eigenvalue weighted by atomic mass is 9.95. The lowest BCUT2D eigenvalue weighted by molar-refractivity contribution is 0.392. The standard InChI is InChI=1S/C12H21N3O2S/c1-3-10(4-2)12(13)9-15-18(16,17)11-6-5-7-14-8-11/h5-8,10,12,15H,3-4,9,13H2,1-2H3. The molecule has 0 saturated heterocycles. The summed E-state index contributed by atoms with van der Waals surface area (Å²) in [5, 5.41) is 0. The molecule has 5 nitrogen and oxygen atoms in total. The van der Waals surface area contributed by atoms with E-state index in [9.17, 15) is 8.42 Å². The van der Waals surface area contributed by atoms with Gasteiger partial charge in [-0.2, -0.15) is 0 Å². The van der Waals surface area contributed by atoms with Gasteiger partial charge in [-0.25, -0.2) is 13.1 Å². The fourth-order valence-electron chi connectivity index (χ4n) is 1.86. The smallest absolute Gasteiger partial charge is 0.242 e. The number of pyridine rings is 1. The van der Waals surface area contributed by atoms with E-state index in [1.54, 1.807) is 6.07 Å². The minimum atomic E-state index is -3.50. The summed E-state index contributed by atoms with van der Waals surface area (Å²) >= 11 is 0. The van der Waals surface area contributed by atoms with Crippen LogP contribution in [0, 0.1) is 5.92 Å². The van der Waals surface area contributed by atoms with Crippen molar-refractivity contribution in [3.63, 3.8) is 0 Å². The summed E-state index contributed by atoms with van der Waals surface area (Å²) in [7, 11) is -3.50. The van der Waals surface area contributed by atoms with Crippen LogP contribution in [-0.4, -0.2) is 26.0 Å². The zero-order valence-electron chi connectivity index (χ0n) is 10.8. The van der Waals surface area contributed by atoms with E-state index >= 15 is 0 Å². The first-order chi connectivity index (χ1) is 8.51. The Morgan fingerprint density at radius 1 is 1.39 bits per heavy atom. The van der Waals surface area contributed by atoms with Gasteiger partial charge in [-0.05, 0) is 18.1 Å². The highest BCUT2D eigenvalue weighted by Gasteiger charge is 2.18. The number of hydrogen-bond donors (Lipinski definition) is 2. The Hall–Kier alpha value is -0.980. The van der Waals surface area contributed by atoms with Crippen LogP contribution in [-0.2, 0) is 10.0 Å². The predicted molar refractivity (Wildman–Crippen MR) is 71.5 cm³/mol. The van der Waals surface area contributed by atoms with E-state index in [0.29, 0.717) is 5.92 Å². The number of aromatic nitrogens is 1. The molecule has 0 amide bonds. The van der Waals surface area contributed by atoms with E-state index in [4.69, 9.17) is 5.73 Å². The first-order valence-corrected chi connectivity index (χ1v) is 7.64. The van der Waals surface area contributed by atoms with E-state index in [0.717, 1.165) is 12.8 Å². The van der Waals surface area contributed by atoms with Crippen molar-refractivity contribution in [1.82, 2.24) is 9.71 Å². The van der Waals surface area contributed by atoms with Gasteiger partial charge >= 0.3 is 0 Å². The second-order valence-electron chi connectivity index (χ2n) is 4.28. The summed E-state index contributed by atoms with van der Waals surface area (Å²) < 4.78 is 26.4. The number of nitrogens with zero attached hydrogens (tertiary/aromatic N) is 1. The second kappa shape index (κ2) is 6.82. The fourth-order valence-corrected chi connectivity index (χ4v) is 2.89. The molecule has 0 radical (unpaired) electrons. The maximum absolute atomic E-state index is 11.9. The minimum absolute atomic E-state index is 0.161. The third kappa shape index (κ3) is 4.04. The highest BCUT2D eigenvalue weighted by atomic mass is 32.2. The summed E-state index contributed by atoms with van der Waals surface area (Å²) in [6.07, 6.45) is 4.76. The molecule has 1 heterocycles. The van der Waals surface area contributed by atoms with Crippen LogP contribution >= 0.6 is 0 Å². The molecule has 0 spiro atoms. The van der Waals surface area contributed by atoms with Crippen LogP contribution in [0.5, 0.6) is 0 Å². The van der Waals surface area contributed by atoms with E-state index in [2.05, 4.69) is 23.6 Å². The Morgan fingerprint density at radius 2 is 2.06 bits per heavy atom. The number of nitrogens with one attached hydrogen (secondary N) is 1. The van der Waals surface area contributed by atoms with Crippen molar-refractivity contribution in [2.24, 2.45) is 11.7 Å². The van der Waals surface area contributed by atoms with Gasteiger partial charge in [0.05, 0.1) is 0 Å². The third-order valence-electron chi connectivity index (χ3n) is 3.11. The first kappa shape index (κ1) is 15.1. The minimum Gasteiger partial charge on any atom is -0.326 e. The second-order valence-corrected chi connectivity index (χ2v) is 6.05. The lowest BCUT2D eigenvalue weighted by Crippen LogP contribution is -2.41. The van der Waals surface area contributed by atoms with Crippen molar-refractivity contribution in [3.05, 3.63) is 24.5 Å². The van der Waals surface area contributed by atoms with Gasteiger partial charge in [0.15, 0.2) is 0 Å². The average Bonchev–Trinajstić information content (AvgIpc) is 2.39. The number of hydrogen-bond acceptors (Lipinski definition) is 4. The van der Waals surface area contributed by atoms with Gasteiger partial charge in [0, 0.05) is 25.0 Å². The van der Waals surface area contributed by atoms with Crippen LogP contribution in [0.1, 0.15) is 26.7 Å². The molecule has 0 aliphatic carbocycles. The summed E-state index contributed by atoms with van der Waals surface area (Å²) in [5.41, 5.74) is 5.98. The van der Waals surface area contributed by atoms with Crippen LogP contribution in [0.4, 0.5) is 0 Å². The topological polar surface area (TPSA) is 85.1 Å². The molecule has 1 atom stereocenters. The maximum atomic E-state index is 11.9. The maximum Gasteiger partial charge on any atom is 0.242 e. The van der Waals surface area contributed by atoms with Crippen LogP contribution in [0.25, 0.3) is 0 Å². The number of nitrogens with two attached hydrogens (primary N) is 1. The zero-order valence-corrected chi connectivity index (χ0v) is 11.7. The van der Waals surface area contributed by atoms with E-state index in [1.807, 2.05) is 0 Å². The van der Waals surface area contributed by atoms with Crippen LogP contribution < -0.4 is 10.5 Å². The van der Waals surface area contributed by atoms with Crippen molar-refractivity contribution in [1.29, 1.82) is 0 Å². The van der Waals surface area contributed by atoms with Crippen molar-refractivity contribution in [2.75, 3.05) is 6.54 Å². The van der Waals surface area contributed by atoms with Gasteiger partial charge in [0.1, 0.15) is 4.90 Å². The molecule has 0 fully saturated rings. The SMILES string of the molecule is CCC(CC)C(N)CNS(=O)(=O)c1cccnc1. The number of rotatable bonds is 7. The Balaban J connectivity index is 2.63. The Kier molecular flexibility index (Phi) is 5.71. The van der Waals surface area contributed by atoms with Gasteiger partial charge < -0.3 is 5.73 Å². The molecule has 0 aliphatic heterocycles. The van der Waals surface area contributed by atoms with Gasteiger partial charge in [0.25, 0.3) is 0 Å². The molecule has 0 saturated carbocycles. The quantitative estimate of drug-likeness (QED) is 0.778. The van der Waals surface area contributed by atoms with Crippen molar-refractivity contribution >= 4 is 10.0 Å². The van der Waals surface area contributed by atoms with Crippen molar-refractivity contribution < 1.29 is 8.42 Å². The molecule has 0 bridgehead atoms. The van der Waals surface area contributed by atoms with E-state index in [1.165, 1.54) is 18.5 Å². The third-order valence-corrected chi connectivity index (χ3v) is 4.52. The molecule has 102 valence electrons. The Bertz CT molecular complexity index is 444. The molecule has 1 rings (SSSR count). The van der Waals surface area contributed by atoms with Gasteiger partial charge in [-0.15, -0.1) is 0 Å². The molecule has 0 aliphatic rings. The fraction of sp³-hybridized carbons (Fsp3) is 0.583. The van der Waals surface area contributed by atoms with Crippen LogP contribution in [0.15, 0.2) is 29.4 Å². The highest BCUT2D eigenvalue weighted by molar-refractivity contribution is 7.89. The normalized spacial score (nSPS) is 13.8. The molecule has 1 aromatic heterocycles. The molecule has 3 N–H and O–H groups in total. The molecule has 18 heavy (non-hydrogen) atoms. The summed E-state index contributed by atoms with van der Waals surface area (Å²) in [6, 6.07) is 2.94. The molecular formula is C12H21N3O2S. The Morgan fingerprint density at radius 3 is 2.56 bits per heavy atom. The van der Waals surface area contributed by atoms with Gasteiger partial charge in [0.2, 0.25) is 10.0 Å². The first-order valence-electron chi connectivity index (χ1n) is 6.16. The molecule has 0 aromatic carbocycles. The summed E-state index contributed by atoms with van der Waals surface area (Å²) in [4.78, 5) is 3.96. The van der Waals surface area contributed by atoms with E-state index < -0.39 is 10.0 Å². The predicted octanol–water partition coefficient (Wildman–Crippen LogP) is 1.12. The monoisotopic (exact) mass is 271 g/mol. The van der Waals surface area contributed by atoms with E-state index in [-0.39, 0.29) is 17.5 Å². The average molecular weight is 271 g/mol. The van der Waals surface area contributed by atoms with Crippen LogP contribution in [0.2, 0.25) is 0 Å². The largest absolute Gasteiger partial charge is 0.326 e. The highest BCUT2D eigenvalue weighted by Crippen LogP contribution is 2.12. The molecule has 1 aromatic rings. The Labute approximate surface area is 109 Å². The number of sulfonamides is 1. The molecular weight excluding hydrogens is 250 g/mol. The van der Waals surface area contributed by atoms with Gasteiger partial charge in [-0.1, -0.05) is 26.7 Å². The van der Waals surface area contributed by atoms with Crippen molar-refractivity contribution in [2.45, 2.75) is 37.6 Å². The molecule has 1 unspecified atom stereocenters. The van der Waals surface area contributed by atoms with Crippen molar-refractivity contribution in [3.8, 4) is 0 Å². The summed E-state index contributed by atoms with van der Waals surface area (Å²) in [6.45, 7) is 4.37. The zero-order chi connectivity index (χ0) is 13.6. The molecule has 6 heteroatoms. The lowest BCUT2D eigenvalue weighted by Gasteiger charge is -2.21.